The summed E-state index contributed by atoms with van der Waals surface area (Å²) in [6.07, 6.45) is 1.86. The third-order valence-electron chi connectivity index (χ3n) is 26.0. The maximum atomic E-state index is 5.17. The summed E-state index contributed by atoms with van der Waals surface area (Å²) >= 11 is 1.87. The van der Waals surface area contributed by atoms with Crippen LogP contribution in [-0.4, -0.2) is 48.6 Å². The first-order valence-electron chi connectivity index (χ1n) is 45.0. The average molecular weight is 1720 g/mol. The standard InChI is InChI=1S/C42H30N4.C40H25N3S.C40H27N3/c1-42(2)35-19-11-9-17-31(35)33-25-34-32-18-10-12-20-37(32)46(38(34)26-36(33)42)30-23-21-29(22-24-30)41-44-39(27-13-5-3-6-14-27)43-40(45-41)28-15-7-4-8-16-28;1-3-12-26(13-4-1)34-25-35(27-14-5-2-6-15-27)42-40(41-34)43-36-20-9-7-16-30(36)33-24-28(22-23-37(33)43)29-18-11-19-32-31-17-8-10-21-38(31)44-39(29)32;1-3-10-28(11-4-1)30-18-20-31(21-19-30)32-14-9-15-34(26-32)37-24-25-41-40(42-37)43-38-17-8-7-16-35(38)36-23-22-33(27-39(36)43)29-12-5-2-6-13-29/h3-26H,1-2H3;1-25H;1-27H. The second-order valence-corrected chi connectivity index (χ2v) is 35.3. The van der Waals surface area contributed by atoms with E-state index in [1.165, 1.54) is 125 Å². The molecule has 0 aliphatic heterocycles. The van der Waals surface area contributed by atoms with Crippen molar-refractivity contribution in [3.05, 3.63) is 472 Å². The van der Waals surface area contributed by atoms with Crippen molar-refractivity contribution in [2.45, 2.75) is 19.3 Å². The lowest BCUT2D eigenvalue weighted by Gasteiger charge is -2.21. The Balaban J connectivity index is 0.000000110. The van der Waals surface area contributed by atoms with Crippen LogP contribution in [0.5, 0.6) is 0 Å². The minimum atomic E-state index is -0.0726. The molecule has 133 heavy (non-hydrogen) atoms. The van der Waals surface area contributed by atoms with E-state index < -0.39 is 0 Å². The van der Waals surface area contributed by atoms with Gasteiger partial charge < -0.3 is 4.57 Å². The molecule has 1 aliphatic rings. The van der Waals surface area contributed by atoms with Crippen molar-refractivity contribution >= 4 is 96.9 Å². The molecule has 0 bridgehead atoms. The Bertz CT molecular complexity index is 8640. The summed E-state index contributed by atoms with van der Waals surface area (Å²) in [5, 5.41) is 9.89. The normalized spacial score (nSPS) is 12.0. The van der Waals surface area contributed by atoms with Gasteiger partial charge >= 0.3 is 0 Å². The second kappa shape index (κ2) is 33.4. The zero-order valence-electron chi connectivity index (χ0n) is 72.8. The topological polar surface area (TPSA) is 105 Å². The molecule has 0 unspecified atom stereocenters. The minimum absolute atomic E-state index is 0.0726. The van der Waals surface area contributed by atoms with Crippen molar-refractivity contribution in [2.24, 2.45) is 0 Å². The molecule has 0 atom stereocenters. The highest BCUT2D eigenvalue weighted by Crippen LogP contribution is 2.52. The van der Waals surface area contributed by atoms with E-state index in [0.29, 0.717) is 29.4 Å². The van der Waals surface area contributed by atoms with Crippen LogP contribution in [0, 0.1) is 0 Å². The predicted octanol–water partition coefficient (Wildman–Crippen LogP) is 31.5. The van der Waals surface area contributed by atoms with E-state index in [4.69, 9.17) is 34.9 Å². The van der Waals surface area contributed by atoms with Crippen molar-refractivity contribution < 1.29 is 0 Å². The maximum absolute atomic E-state index is 5.17. The zero-order valence-corrected chi connectivity index (χ0v) is 73.6. The third-order valence-corrected chi connectivity index (χ3v) is 27.2. The molecule has 626 valence electrons. The number of nitrogens with zero attached hydrogens (tertiary/aromatic N) is 10. The molecule has 0 amide bonds. The number of thiophene rings is 1. The summed E-state index contributed by atoms with van der Waals surface area (Å²) in [4.78, 5) is 35.0. The average Bonchev–Trinajstić information content (AvgIpc) is 1.55. The van der Waals surface area contributed by atoms with Gasteiger partial charge in [0.1, 0.15) is 0 Å². The van der Waals surface area contributed by atoms with Crippen LogP contribution < -0.4 is 0 Å². The quantitative estimate of drug-likeness (QED) is 0.113. The van der Waals surface area contributed by atoms with Crippen LogP contribution in [0.3, 0.4) is 0 Å². The van der Waals surface area contributed by atoms with Crippen molar-refractivity contribution in [2.75, 3.05) is 0 Å². The first-order valence-corrected chi connectivity index (χ1v) is 45.8. The summed E-state index contributed by atoms with van der Waals surface area (Å²) < 4.78 is 9.44. The monoisotopic (exact) mass is 1720 g/mol. The van der Waals surface area contributed by atoms with Crippen molar-refractivity contribution in [3.8, 4) is 141 Å². The van der Waals surface area contributed by atoms with Gasteiger partial charge in [0.25, 0.3) is 0 Å². The molecule has 0 radical (unpaired) electrons. The molecular formula is C122H82N10S. The molecule has 10 nitrogen and oxygen atoms in total. The Kier molecular flexibility index (Phi) is 19.9. The van der Waals surface area contributed by atoms with Gasteiger partial charge in [-0.25, -0.2) is 34.9 Å². The van der Waals surface area contributed by atoms with Crippen molar-refractivity contribution in [1.82, 2.24) is 48.6 Å². The molecule has 0 N–H and O–H groups in total. The van der Waals surface area contributed by atoms with Crippen LogP contribution in [0.15, 0.2) is 461 Å². The molecule has 1 aliphatic carbocycles. The summed E-state index contributed by atoms with van der Waals surface area (Å²) in [5.41, 5.74) is 31.5. The SMILES string of the molecule is CC1(C)c2ccccc2-c2cc3c4ccccc4n(-c4ccc(-c5nc(-c6ccccc6)nc(-c6ccccc6)n5)cc4)c3cc21.c1ccc(-c2cc(-c3ccccc3)nc(-n3c4ccccc4c4cc(-c5cccc6c5sc5ccccc56)ccc43)n2)cc1.c1ccc(-c2ccc(-c3cccc(-c4ccnc(-n5c6ccccc6c6ccc(-c7ccccc7)cc65)n4)c3)cc2)cc1. The second-order valence-electron chi connectivity index (χ2n) is 34.3. The Morgan fingerprint density at radius 3 is 1.23 bits per heavy atom. The number of hydrogen-bond acceptors (Lipinski definition) is 8. The van der Waals surface area contributed by atoms with E-state index in [1.54, 1.807) is 0 Å². The molecule has 0 saturated heterocycles. The minimum Gasteiger partial charge on any atom is -0.309 e. The van der Waals surface area contributed by atoms with E-state index in [-0.39, 0.29) is 5.41 Å². The fraction of sp³-hybridized carbons (Fsp3) is 0.0246. The van der Waals surface area contributed by atoms with Gasteiger partial charge in [-0.05, 0) is 164 Å². The van der Waals surface area contributed by atoms with Crippen LogP contribution >= 0.6 is 11.3 Å². The van der Waals surface area contributed by atoms with Crippen LogP contribution in [0.1, 0.15) is 25.0 Å². The number of hydrogen-bond donors (Lipinski definition) is 0. The summed E-state index contributed by atoms with van der Waals surface area (Å²) in [6.45, 7) is 4.68. The van der Waals surface area contributed by atoms with Gasteiger partial charge in [-0.15, -0.1) is 11.3 Å². The summed E-state index contributed by atoms with van der Waals surface area (Å²) in [7, 11) is 0. The summed E-state index contributed by atoms with van der Waals surface area (Å²) in [6, 6.07) is 160. The smallest absolute Gasteiger partial charge is 0.235 e. The van der Waals surface area contributed by atoms with Gasteiger partial charge in [-0.2, -0.15) is 0 Å². The van der Waals surface area contributed by atoms with E-state index in [2.05, 4.69) is 392 Å². The molecule has 11 heteroatoms. The number of fused-ring (bicyclic) bond motifs is 15. The summed E-state index contributed by atoms with van der Waals surface area (Å²) in [5.74, 6) is 3.29. The van der Waals surface area contributed by atoms with E-state index in [1.807, 2.05) is 109 Å². The lowest BCUT2D eigenvalue weighted by Crippen LogP contribution is -2.14. The molecule has 7 heterocycles. The van der Waals surface area contributed by atoms with Gasteiger partial charge in [0, 0.05) is 103 Å². The fourth-order valence-electron chi connectivity index (χ4n) is 19.5. The lowest BCUT2D eigenvalue weighted by atomic mass is 9.82. The molecular weight excluding hydrogens is 1640 g/mol. The number of para-hydroxylation sites is 3. The molecule has 25 aromatic rings. The first-order chi connectivity index (χ1) is 65.7. The van der Waals surface area contributed by atoms with E-state index in [0.717, 1.165) is 83.8 Å². The van der Waals surface area contributed by atoms with Crippen molar-refractivity contribution in [1.29, 1.82) is 0 Å². The molecule has 0 fully saturated rings. The molecule has 7 aromatic heterocycles. The van der Waals surface area contributed by atoms with Gasteiger partial charge in [0.05, 0.1) is 50.2 Å². The molecule has 0 spiro atoms. The molecule has 0 saturated carbocycles. The first kappa shape index (κ1) is 79.2. The third kappa shape index (κ3) is 14.4. The number of aromatic nitrogens is 10. The van der Waals surface area contributed by atoms with Gasteiger partial charge in [0.2, 0.25) is 11.9 Å². The highest BCUT2D eigenvalue weighted by atomic mass is 32.1. The van der Waals surface area contributed by atoms with Crippen LogP contribution in [0.25, 0.3) is 227 Å². The van der Waals surface area contributed by atoms with Gasteiger partial charge in [-0.3, -0.25) is 9.13 Å². The van der Waals surface area contributed by atoms with Gasteiger partial charge in [-0.1, -0.05) is 372 Å². The van der Waals surface area contributed by atoms with Gasteiger partial charge in [0.15, 0.2) is 17.5 Å². The number of rotatable bonds is 13. The fourth-order valence-corrected chi connectivity index (χ4v) is 20.7. The predicted molar refractivity (Wildman–Crippen MR) is 552 cm³/mol. The van der Waals surface area contributed by atoms with Crippen LogP contribution in [0.2, 0.25) is 0 Å². The molecule has 26 rings (SSSR count). The Morgan fingerprint density at radius 2 is 0.609 bits per heavy atom. The molecule has 18 aromatic carbocycles. The Morgan fingerprint density at radius 1 is 0.211 bits per heavy atom. The van der Waals surface area contributed by atoms with Crippen molar-refractivity contribution in [3.63, 3.8) is 0 Å². The van der Waals surface area contributed by atoms with E-state index >= 15 is 0 Å². The maximum Gasteiger partial charge on any atom is 0.235 e. The van der Waals surface area contributed by atoms with Crippen LogP contribution in [0.4, 0.5) is 0 Å². The largest absolute Gasteiger partial charge is 0.309 e. The number of benzene rings is 18. The lowest BCUT2D eigenvalue weighted by molar-refractivity contribution is 0.661. The van der Waals surface area contributed by atoms with E-state index in [9.17, 15) is 0 Å². The highest BCUT2D eigenvalue weighted by Gasteiger charge is 2.36. The zero-order chi connectivity index (χ0) is 88.5. The van der Waals surface area contributed by atoms with Crippen LogP contribution in [-0.2, 0) is 5.41 Å². The Labute approximate surface area is 772 Å². The highest BCUT2D eigenvalue weighted by molar-refractivity contribution is 7.26. The Hall–Kier alpha value is -17.3.